The van der Waals surface area contributed by atoms with Gasteiger partial charge in [0.25, 0.3) is 0 Å². The Balaban J connectivity index is 1.50. The summed E-state index contributed by atoms with van der Waals surface area (Å²) in [6.07, 6.45) is 1.67. The molecule has 1 amide bonds. The largest absolute Gasteiger partial charge is 0.342 e. The van der Waals surface area contributed by atoms with Crippen LogP contribution in [-0.2, 0) is 6.54 Å². The number of aromatic nitrogens is 4. The SMILES string of the molecule is Cc1nc(-c2cccc(-c3noc(C(=O)NCc4ccccn4)n3)c2)cs1. The van der Waals surface area contributed by atoms with Gasteiger partial charge in [-0.05, 0) is 25.1 Å². The van der Waals surface area contributed by atoms with Crippen molar-refractivity contribution in [3.05, 3.63) is 70.6 Å². The van der Waals surface area contributed by atoms with Crippen LogP contribution < -0.4 is 5.32 Å². The molecule has 8 heteroatoms. The number of rotatable bonds is 5. The smallest absolute Gasteiger partial charge is 0.316 e. The van der Waals surface area contributed by atoms with E-state index in [9.17, 15) is 4.79 Å². The number of pyridine rings is 1. The Labute approximate surface area is 159 Å². The Morgan fingerprint density at radius 1 is 1.15 bits per heavy atom. The maximum absolute atomic E-state index is 12.2. The molecule has 1 aromatic carbocycles. The lowest BCUT2D eigenvalue weighted by Gasteiger charge is -2.00. The second kappa shape index (κ2) is 7.46. The van der Waals surface area contributed by atoms with Crippen molar-refractivity contribution in [2.75, 3.05) is 0 Å². The van der Waals surface area contributed by atoms with Crippen LogP contribution in [0, 0.1) is 6.92 Å². The number of hydrogen-bond donors (Lipinski definition) is 1. The van der Waals surface area contributed by atoms with Crippen molar-refractivity contribution in [1.29, 1.82) is 0 Å². The van der Waals surface area contributed by atoms with Gasteiger partial charge in [-0.3, -0.25) is 9.78 Å². The van der Waals surface area contributed by atoms with Gasteiger partial charge in [0.1, 0.15) is 0 Å². The van der Waals surface area contributed by atoms with Crippen LogP contribution in [0.1, 0.15) is 21.4 Å². The summed E-state index contributed by atoms with van der Waals surface area (Å²) in [7, 11) is 0. The lowest BCUT2D eigenvalue weighted by molar-refractivity contribution is 0.0906. The summed E-state index contributed by atoms with van der Waals surface area (Å²) >= 11 is 1.59. The molecule has 0 bridgehead atoms. The van der Waals surface area contributed by atoms with Crippen molar-refractivity contribution in [1.82, 2.24) is 25.4 Å². The van der Waals surface area contributed by atoms with Gasteiger partial charge in [0.2, 0.25) is 5.82 Å². The number of hydrogen-bond acceptors (Lipinski definition) is 7. The second-order valence-electron chi connectivity index (χ2n) is 5.76. The molecule has 0 radical (unpaired) electrons. The molecular formula is C19H15N5O2S. The number of benzene rings is 1. The van der Waals surface area contributed by atoms with Crippen LogP contribution in [0.15, 0.2) is 58.6 Å². The fourth-order valence-corrected chi connectivity index (χ4v) is 3.12. The molecule has 7 nitrogen and oxygen atoms in total. The molecule has 0 fully saturated rings. The Kier molecular flexibility index (Phi) is 4.71. The second-order valence-corrected chi connectivity index (χ2v) is 6.82. The van der Waals surface area contributed by atoms with Gasteiger partial charge in [0, 0.05) is 22.7 Å². The monoisotopic (exact) mass is 377 g/mol. The van der Waals surface area contributed by atoms with E-state index in [1.807, 2.05) is 54.8 Å². The van der Waals surface area contributed by atoms with Gasteiger partial charge in [-0.25, -0.2) is 4.98 Å². The van der Waals surface area contributed by atoms with Crippen LogP contribution in [0.5, 0.6) is 0 Å². The Hall–Kier alpha value is -3.39. The summed E-state index contributed by atoms with van der Waals surface area (Å²) in [5.41, 5.74) is 3.36. The zero-order chi connectivity index (χ0) is 18.6. The van der Waals surface area contributed by atoms with Crippen molar-refractivity contribution in [2.45, 2.75) is 13.5 Å². The molecular weight excluding hydrogens is 362 g/mol. The van der Waals surface area contributed by atoms with Crippen molar-refractivity contribution >= 4 is 17.2 Å². The molecule has 0 saturated heterocycles. The first-order valence-corrected chi connectivity index (χ1v) is 9.12. The summed E-state index contributed by atoms with van der Waals surface area (Å²) in [6, 6.07) is 13.2. The number of nitrogens with zero attached hydrogens (tertiary/aromatic N) is 4. The normalized spacial score (nSPS) is 10.7. The molecule has 0 atom stereocenters. The van der Waals surface area contributed by atoms with E-state index in [-0.39, 0.29) is 12.4 Å². The third-order valence-electron chi connectivity index (χ3n) is 3.81. The van der Waals surface area contributed by atoms with E-state index in [0.29, 0.717) is 5.82 Å². The van der Waals surface area contributed by atoms with Gasteiger partial charge in [0.05, 0.1) is 22.9 Å². The summed E-state index contributed by atoms with van der Waals surface area (Å²) in [4.78, 5) is 25.1. The first-order valence-electron chi connectivity index (χ1n) is 8.24. The van der Waals surface area contributed by atoms with E-state index < -0.39 is 5.91 Å². The van der Waals surface area contributed by atoms with Gasteiger partial charge < -0.3 is 9.84 Å². The van der Waals surface area contributed by atoms with Crippen molar-refractivity contribution < 1.29 is 9.32 Å². The summed E-state index contributed by atoms with van der Waals surface area (Å²) in [6.45, 7) is 2.25. The number of nitrogens with one attached hydrogen (secondary N) is 1. The van der Waals surface area contributed by atoms with Crippen LogP contribution in [0.3, 0.4) is 0 Å². The molecule has 1 N–H and O–H groups in total. The number of carbonyl (C=O) groups is 1. The fourth-order valence-electron chi connectivity index (χ4n) is 2.50. The Morgan fingerprint density at radius 2 is 2.04 bits per heavy atom. The molecule has 0 unspecified atom stereocenters. The van der Waals surface area contributed by atoms with Crippen LogP contribution in [0.4, 0.5) is 0 Å². The molecule has 0 aliphatic rings. The number of carbonyl (C=O) groups excluding carboxylic acids is 1. The van der Waals surface area contributed by atoms with Crippen molar-refractivity contribution in [3.8, 4) is 22.6 Å². The molecule has 4 rings (SSSR count). The third kappa shape index (κ3) is 3.90. The molecule has 3 heterocycles. The highest BCUT2D eigenvalue weighted by Gasteiger charge is 2.16. The van der Waals surface area contributed by atoms with Gasteiger partial charge in [0.15, 0.2) is 0 Å². The minimum Gasteiger partial charge on any atom is -0.342 e. The average molecular weight is 377 g/mol. The molecule has 134 valence electrons. The van der Waals surface area contributed by atoms with Gasteiger partial charge in [-0.15, -0.1) is 11.3 Å². The topological polar surface area (TPSA) is 93.8 Å². The molecule has 0 spiro atoms. The molecule has 27 heavy (non-hydrogen) atoms. The van der Waals surface area contributed by atoms with Gasteiger partial charge in [-0.2, -0.15) is 4.98 Å². The highest BCUT2D eigenvalue weighted by Crippen LogP contribution is 2.25. The van der Waals surface area contributed by atoms with E-state index in [0.717, 1.165) is 27.5 Å². The lowest BCUT2D eigenvalue weighted by atomic mass is 10.1. The standard InChI is InChI=1S/C19H15N5O2S/c1-12-22-16(11-27-12)13-5-4-6-14(9-13)17-23-19(26-24-17)18(25)21-10-15-7-2-3-8-20-15/h2-9,11H,10H2,1H3,(H,21,25). The van der Waals surface area contributed by atoms with Gasteiger partial charge >= 0.3 is 11.8 Å². The molecule has 3 aromatic heterocycles. The number of amides is 1. The Bertz CT molecular complexity index is 1070. The predicted molar refractivity (Wildman–Crippen MR) is 101 cm³/mol. The zero-order valence-electron chi connectivity index (χ0n) is 14.4. The first kappa shape index (κ1) is 17.0. The quantitative estimate of drug-likeness (QED) is 0.572. The molecule has 0 saturated carbocycles. The minimum absolute atomic E-state index is 0.0872. The van der Waals surface area contributed by atoms with E-state index in [1.165, 1.54) is 0 Å². The van der Waals surface area contributed by atoms with Crippen molar-refractivity contribution in [2.24, 2.45) is 0 Å². The van der Waals surface area contributed by atoms with Crippen molar-refractivity contribution in [3.63, 3.8) is 0 Å². The van der Waals surface area contributed by atoms with Crippen LogP contribution in [0.25, 0.3) is 22.6 Å². The zero-order valence-corrected chi connectivity index (χ0v) is 15.2. The minimum atomic E-state index is -0.439. The van der Waals surface area contributed by atoms with Crippen LogP contribution >= 0.6 is 11.3 Å². The van der Waals surface area contributed by atoms with Crippen LogP contribution in [-0.4, -0.2) is 26.0 Å². The summed E-state index contributed by atoms with van der Waals surface area (Å²) < 4.78 is 5.11. The molecule has 0 aliphatic carbocycles. The lowest BCUT2D eigenvalue weighted by Crippen LogP contribution is -2.23. The highest BCUT2D eigenvalue weighted by molar-refractivity contribution is 7.09. The Morgan fingerprint density at radius 3 is 2.81 bits per heavy atom. The third-order valence-corrected chi connectivity index (χ3v) is 4.59. The first-order chi connectivity index (χ1) is 13.2. The maximum Gasteiger partial charge on any atom is 0.316 e. The van der Waals surface area contributed by atoms with E-state index >= 15 is 0 Å². The fraction of sp³-hybridized carbons (Fsp3) is 0.105. The summed E-state index contributed by atoms with van der Waals surface area (Å²) in [5.74, 6) is -0.173. The number of aryl methyl sites for hydroxylation is 1. The maximum atomic E-state index is 12.2. The molecule has 0 aliphatic heterocycles. The van der Waals surface area contributed by atoms with Gasteiger partial charge in [-0.1, -0.05) is 29.4 Å². The summed E-state index contributed by atoms with van der Waals surface area (Å²) in [5, 5.41) is 9.64. The number of thiazole rings is 1. The van der Waals surface area contributed by atoms with E-state index in [2.05, 4.69) is 25.4 Å². The van der Waals surface area contributed by atoms with E-state index in [1.54, 1.807) is 17.5 Å². The predicted octanol–water partition coefficient (Wildman–Crippen LogP) is 3.49. The van der Waals surface area contributed by atoms with Crippen LogP contribution in [0.2, 0.25) is 0 Å². The van der Waals surface area contributed by atoms with E-state index in [4.69, 9.17) is 4.52 Å². The average Bonchev–Trinajstić information content (AvgIpc) is 3.36. The highest BCUT2D eigenvalue weighted by atomic mass is 32.1. The molecule has 4 aromatic rings.